The van der Waals surface area contributed by atoms with Gasteiger partial charge in [-0.2, -0.15) is 0 Å². The molecule has 6 heteroatoms. The average Bonchev–Trinajstić information content (AvgIpc) is 2.88. The van der Waals surface area contributed by atoms with Crippen molar-refractivity contribution in [1.82, 2.24) is 4.90 Å². The van der Waals surface area contributed by atoms with Crippen LogP contribution in [-0.4, -0.2) is 48.2 Å². The zero-order chi connectivity index (χ0) is 14.7. The summed E-state index contributed by atoms with van der Waals surface area (Å²) < 4.78 is 5.26. The third-order valence-corrected chi connectivity index (χ3v) is 3.58. The number of nitrogens with two attached hydrogens (primary N) is 1. The molecule has 1 heterocycles. The zero-order valence-corrected chi connectivity index (χ0v) is 11.3. The highest BCUT2D eigenvalue weighted by Crippen LogP contribution is 2.21. The lowest BCUT2D eigenvalue weighted by molar-refractivity contribution is -0.143. The van der Waals surface area contributed by atoms with Gasteiger partial charge in [0.15, 0.2) is 0 Å². The second-order valence-corrected chi connectivity index (χ2v) is 5.03. The number of amides is 1. The van der Waals surface area contributed by atoms with Crippen LogP contribution in [0, 0.1) is 5.92 Å². The van der Waals surface area contributed by atoms with Gasteiger partial charge in [-0.05, 0) is 24.7 Å². The van der Waals surface area contributed by atoms with Gasteiger partial charge in [0.25, 0.3) is 0 Å². The number of carboxylic acids is 1. The minimum absolute atomic E-state index is 0.162. The second-order valence-electron chi connectivity index (χ2n) is 5.03. The molecule has 6 nitrogen and oxygen atoms in total. The van der Waals surface area contributed by atoms with Crippen molar-refractivity contribution in [3.63, 3.8) is 0 Å². The first kappa shape index (κ1) is 14.5. The quantitative estimate of drug-likeness (QED) is 0.809. The zero-order valence-electron chi connectivity index (χ0n) is 11.3. The van der Waals surface area contributed by atoms with Gasteiger partial charge in [-0.25, -0.2) is 0 Å². The van der Waals surface area contributed by atoms with E-state index in [9.17, 15) is 9.59 Å². The Hall–Kier alpha value is -1.92. The molecule has 20 heavy (non-hydrogen) atoms. The van der Waals surface area contributed by atoms with Crippen LogP contribution < -0.4 is 5.73 Å². The number of hydrogen-bond acceptors (Lipinski definition) is 4. The van der Waals surface area contributed by atoms with Gasteiger partial charge in [0, 0.05) is 18.2 Å². The van der Waals surface area contributed by atoms with Crippen LogP contribution in [-0.2, 0) is 16.1 Å². The van der Waals surface area contributed by atoms with Crippen molar-refractivity contribution in [3.05, 3.63) is 35.4 Å². The van der Waals surface area contributed by atoms with Crippen LogP contribution in [0.1, 0.15) is 15.9 Å². The molecule has 0 aliphatic carbocycles. The summed E-state index contributed by atoms with van der Waals surface area (Å²) in [5.74, 6) is -1.83. The third kappa shape index (κ3) is 3.15. The molecule has 2 unspecified atom stereocenters. The number of likely N-dealkylation sites (N-methyl/N-ethyl adjacent to an activating group) is 1. The molecule has 1 aromatic carbocycles. The van der Waals surface area contributed by atoms with Gasteiger partial charge in [-0.3, -0.25) is 14.5 Å². The van der Waals surface area contributed by atoms with E-state index in [1.54, 1.807) is 18.2 Å². The van der Waals surface area contributed by atoms with E-state index in [0.717, 1.165) is 5.56 Å². The fourth-order valence-electron chi connectivity index (χ4n) is 2.44. The molecule has 108 valence electrons. The molecule has 1 aromatic rings. The van der Waals surface area contributed by atoms with E-state index in [2.05, 4.69) is 0 Å². The fraction of sp³-hybridized carbons (Fsp3) is 0.429. The molecule has 1 amide bonds. The van der Waals surface area contributed by atoms with Crippen LogP contribution >= 0.6 is 0 Å². The maximum Gasteiger partial charge on any atom is 0.310 e. The van der Waals surface area contributed by atoms with E-state index >= 15 is 0 Å². The van der Waals surface area contributed by atoms with Crippen LogP contribution in [0.4, 0.5) is 0 Å². The maximum absolute atomic E-state index is 11.1. The van der Waals surface area contributed by atoms with Gasteiger partial charge in [-0.1, -0.05) is 12.1 Å². The normalized spacial score (nSPS) is 22.1. The summed E-state index contributed by atoms with van der Waals surface area (Å²) in [6.45, 7) is 1.19. The summed E-state index contributed by atoms with van der Waals surface area (Å²) >= 11 is 0. The number of carboxylic acid groups (broad SMARTS) is 1. The average molecular weight is 278 g/mol. The van der Waals surface area contributed by atoms with E-state index in [1.807, 2.05) is 18.0 Å². The van der Waals surface area contributed by atoms with Crippen LogP contribution in [0.15, 0.2) is 24.3 Å². The van der Waals surface area contributed by atoms with Gasteiger partial charge in [-0.15, -0.1) is 0 Å². The Bertz CT molecular complexity index is 518. The lowest BCUT2D eigenvalue weighted by atomic mass is 10.0. The van der Waals surface area contributed by atoms with Gasteiger partial charge in [0.05, 0.1) is 19.1 Å². The summed E-state index contributed by atoms with van der Waals surface area (Å²) in [6, 6.07) is 6.87. The lowest BCUT2D eigenvalue weighted by Crippen LogP contribution is -2.40. The Morgan fingerprint density at radius 2 is 2.20 bits per heavy atom. The summed E-state index contributed by atoms with van der Waals surface area (Å²) in [7, 11) is 1.85. The molecule has 1 fully saturated rings. The monoisotopic (exact) mass is 278 g/mol. The van der Waals surface area contributed by atoms with Crippen molar-refractivity contribution in [3.8, 4) is 0 Å². The van der Waals surface area contributed by atoms with Gasteiger partial charge in [0.2, 0.25) is 5.91 Å². The first-order chi connectivity index (χ1) is 9.49. The minimum Gasteiger partial charge on any atom is -0.481 e. The van der Waals surface area contributed by atoms with E-state index in [0.29, 0.717) is 18.7 Å². The van der Waals surface area contributed by atoms with Gasteiger partial charge >= 0.3 is 5.97 Å². The molecular formula is C14H18N2O4. The largest absolute Gasteiger partial charge is 0.481 e. The van der Waals surface area contributed by atoms with E-state index in [1.165, 1.54) is 0 Å². The molecular weight excluding hydrogens is 260 g/mol. The fourth-order valence-corrected chi connectivity index (χ4v) is 2.44. The molecule has 0 spiro atoms. The lowest BCUT2D eigenvalue weighted by Gasteiger charge is -2.26. The first-order valence-corrected chi connectivity index (χ1v) is 6.38. The Labute approximate surface area is 117 Å². The van der Waals surface area contributed by atoms with Crippen LogP contribution in [0.3, 0.4) is 0 Å². The molecule has 0 aromatic heterocycles. The molecule has 2 rings (SSSR count). The summed E-state index contributed by atoms with van der Waals surface area (Å²) in [5.41, 5.74) is 6.62. The summed E-state index contributed by atoms with van der Waals surface area (Å²) in [5, 5.41) is 9.15. The van der Waals surface area contributed by atoms with Crippen molar-refractivity contribution in [2.75, 3.05) is 20.3 Å². The van der Waals surface area contributed by atoms with E-state index < -0.39 is 17.8 Å². The minimum atomic E-state index is -0.842. The summed E-state index contributed by atoms with van der Waals surface area (Å²) in [6.07, 6.45) is 0. The molecule has 0 saturated carbocycles. The van der Waals surface area contributed by atoms with Gasteiger partial charge < -0.3 is 15.6 Å². The number of aliphatic carboxylic acids is 1. The second kappa shape index (κ2) is 6.02. The first-order valence-electron chi connectivity index (χ1n) is 6.38. The number of nitrogens with zero attached hydrogens (tertiary/aromatic N) is 1. The number of benzene rings is 1. The molecule has 1 aliphatic rings. The number of primary amides is 1. The van der Waals surface area contributed by atoms with Crippen molar-refractivity contribution in [2.45, 2.75) is 12.6 Å². The van der Waals surface area contributed by atoms with Crippen molar-refractivity contribution in [1.29, 1.82) is 0 Å². The van der Waals surface area contributed by atoms with Gasteiger partial charge in [0.1, 0.15) is 0 Å². The smallest absolute Gasteiger partial charge is 0.310 e. The predicted octanol–water partition coefficient (Wildman–Crippen LogP) is 0.317. The Morgan fingerprint density at radius 1 is 1.45 bits per heavy atom. The molecule has 3 N–H and O–H groups in total. The SMILES string of the molecule is CN(Cc1cccc(C(N)=O)c1)C1COCC1C(=O)O. The topological polar surface area (TPSA) is 92.9 Å². The highest BCUT2D eigenvalue weighted by atomic mass is 16.5. The van der Waals surface area contributed by atoms with E-state index in [4.69, 9.17) is 15.6 Å². The summed E-state index contributed by atoms with van der Waals surface area (Å²) in [4.78, 5) is 24.2. The number of carbonyl (C=O) groups excluding carboxylic acids is 1. The molecule has 1 aliphatic heterocycles. The van der Waals surface area contributed by atoms with Crippen LogP contribution in [0.25, 0.3) is 0 Å². The Kier molecular flexibility index (Phi) is 4.36. The third-order valence-electron chi connectivity index (χ3n) is 3.58. The number of hydrogen-bond donors (Lipinski definition) is 2. The number of rotatable bonds is 5. The predicted molar refractivity (Wildman–Crippen MR) is 72.2 cm³/mol. The standard InChI is InChI=1S/C14H18N2O4/c1-16(12-8-20-7-11(12)14(18)19)6-9-3-2-4-10(5-9)13(15)17/h2-5,11-12H,6-8H2,1H3,(H2,15,17)(H,18,19). The molecule has 0 bridgehead atoms. The molecule has 0 radical (unpaired) electrons. The van der Waals surface area contributed by atoms with Crippen molar-refractivity contribution >= 4 is 11.9 Å². The van der Waals surface area contributed by atoms with Crippen LogP contribution in [0.5, 0.6) is 0 Å². The maximum atomic E-state index is 11.1. The van der Waals surface area contributed by atoms with E-state index in [-0.39, 0.29) is 12.6 Å². The number of ether oxygens (including phenoxy) is 1. The Morgan fingerprint density at radius 3 is 2.85 bits per heavy atom. The highest BCUT2D eigenvalue weighted by molar-refractivity contribution is 5.92. The van der Waals surface area contributed by atoms with Crippen LogP contribution in [0.2, 0.25) is 0 Å². The van der Waals surface area contributed by atoms with Crippen molar-refractivity contribution in [2.24, 2.45) is 11.7 Å². The number of carbonyl (C=O) groups is 2. The Balaban J connectivity index is 2.07. The van der Waals surface area contributed by atoms with Crippen molar-refractivity contribution < 1.29 is 19.4 Å². The highest BCUT2D eigenvalue weighted by Gasteiger charge is 2.36. The molecule has 2 atom stereocenters. The molecule has 1 saturated heterocycles.